The third kappa shape index (κ3) is 6.94. The minimum Gasteiger partial charge on any atom is -0.381 e. The van der Waals surface area contributed by atoms with Gasteiger partial charge in [-0.1, -0.05) is 0 Å². The molecule has 2 heterocycles. The lowest BCUT2D eigenvalue weighted by Crippen LogP contribution is -2.52. The van der Waals surface area contributed by atoms with Crippen LogP contribution >= 0.6 is 35.3 Å². The van der Waals surface area contributed by atoms with Crippen molar-refractivity contribution in [3.05, 3.63) is 17.5 Å². The fourth-order valence-corrected chi connectivity index (χ4v) is 3.69. The van der Waals surface area contributed by atoms with Crippen LogP contribution in [0.1, 0.15) is 26.2 Å². The maximum Gasteiger partial charge on any atom is 0.194 e. The van der Waals surface area contributed by atoms with E-state index in [1.54, 1.807) is 0 Å². The number of hydrogen-bond acceptors (Lipinski definition) is 4. The van der Waals surface area contributed by atoms with Gasteiger partial charge in [0.15, 0.2) is 5.96 Å². The highest BCUT2D eigenvalue weighted by Gasteiger charge is 2.21. The number of nitrogens with one attached hydrogen (secondary N) is 1. The summed E-state index contributed by atoms with van der Waals surface area (Å²) in [6.07, 6.45) is 3.73. The molecule has 5 nitrogen and oxygen atoms in total. The molecule has 7 heteroatoms. The molecule has 1 N–H and O–H groups in total. The quantitative estimate of drug-likeness (QED) is 0.270. The van der Waals surface area contributed by atoms with E-state index in [-0.39, 0.29) is 24.0 Å². The molecule has 0 bridgehead atoms. The van der Waals surface area contributed by atoms with Gasteiger partial charge in [-0.2, -0.15) is 0 Å². The van der Waals surface area contributed by atoms with Crippen molar-refractivity contribution in [1.29, 1.82) is 0 Å². The second-order valence-electron chi connectivity index (χ2n) is 6.53. The third-order valence-corrected chi connectivity index (χ3v) is 5.42. The number of ether oxygens (including phenoxy) is 1. The lowest BCUT2D eigenvalue weighted by Gasteiger charge is -2.37. The molecule has 0 atom stereocenters. The smallest absolute Gasteiger partial charge is 0.194 e. The van der Waals surface area contributed by atoms with Crippen LogP contribution in [0.3, 0.4) is 0 Å². The van der Waals surface area contributed by atoms with Crippen LogP contribution in [0.4, 0.5) is 5.00 Å². The lowest BCUT2D eigenvalue weighted by atomic mass is 10.3. The fourth-order valence-electron chi connectivity index (χ4n) is 2.90. The number of rotatable bonds is 8. The van der Waals surface area contributed by atoms with Gasteiger partial charge in [-0.15, -0.1) is 35.3 Å². The first-order valence-corrected chi connectivity index (χ1v) is 10.1. The maximum absolute atomic E-state index is 5.69. The normalized spacial score (nSPS) is 18.2. The molecule has 1 aliphatic carbocycles. The fraction of sp³-hybridized carbons (Fsp3) is 0.722. The Bertz CT molecular complexity index is 499. The molecular weight excluding hydrogens is 447 g/mol. The van der Waals surface area contributed by atoms with Crippen molar-refractivity contribution >= 4 is 46.3 Å². The molecule has 2 fully saturated rings. The zero-order valence-corrected chi connectivity index (χ0v) is 18.3. The van der Waals surface area contributed by atoms with Gasteiger partial charge in [0, 0.05) is 52.5 Å². The first kappa shape index (κ1) is 20.8. The van der Waals surface area contributed by atoms with E-state index >= 15 is 0 Å². The molecule has 1 aromatic rings. The topological polar surface area (TPSA) is 40.1 Å². The number of piperazine rings is 1. The molecule has 1 saturated heterocycles. The highest BCUT2D eigenvalue weighted by molar-refractivity contribution is 14.0. The molecule has 1 saturated carbocycles. The Balaban J connectivity index is 0.00000225. The van der Waals surface area contributed by atoms with Crippen LogP contribution in [0.2, 0.25) is 0 Å². The molecule has 0 radical (unpaired) electrons. The summed E-state index contributed by atoms with van der Waals surface area (Å²) >= 11 is 1.82. The Morgan fingerprint density at radius 2 is 2.12 bits per heavy atom. The number of aliphatic imine (C=N–C) groups is 1. The van der Waals surface area contributed by atoms with Crippen LogP contribution in [0, 0.1) is 5.92 Å². The van der Waals surface area contributed by atoms with E-state index in [2.05, 4.69) is 39.6 Å². The summed E-state index contributed by atoms with van der Waals surface area (Å²) in [6, 6.07) is 4.34. The van der Waals surface area contributed by atoms with E-state index in [0.29, 0.717) is 0 Å². The predicted octanol–water partition coefficient (Wildman–Crippen LogP) is 3.27. The second kappa shape index (κ2) is 11.2. The Labute approximate surface area is 172 Å². The van der Waals surface area contributed by atoms with Crippen LogP contribution in [-0.4, -0.2) is 63.3 Å². The van der Waals surface area contributed by atoms with E-state index in [1.165, 1.54) is 17.8 Å². The summed E-state index contributed by atoms with van der Waals surface area (Å²) in [5.41, 5.74) is 0. The SMILES string of the molecule is CCNC(=NCCCOCC1CC1)N1CCN(c2cccs2)CC1.I. The Morgan fingerprint density at radius 1 is 1.32 bits per heavy atom. The Hall–Kier alpha value is -0.540. The van der Waals surface area contributed by atoms with Gasteiger partial charge >= 0.3 is 0 Å². The highest BCUT2D eigenvalue weighted by Crippen LogP contribution is 2.28. The first-order valence-electron chi connectivity index (χ1n) is 9.26. The van der Waals surface area contributed by atoms with Gasteiger partial charge in [0.25, 0.3) is 0 Å². The molecule has 0 unspecified atom stereocenters. The number of nitrogens with zero attached hydrogens (tertiary/aromatic N) is 3. The van der Waals surface area contributed by atoms with Gasteiger partial charge in [0.2, 0.25) is 0 Å². The standard InChI is InChI=1S/C18H30N4OS.HI/c1-2-19-18(20-8-4-13-23-15-16-6-7-16)22-11-9-21(10-12-22)17-5-3-14-24-17;/h3,5,14,16H,2,4,6-13,15H2,1H3,(H,19,20);1H. The van der Waals surface area contributed by atoms with Gasteiger partial charge in [0.05, 0.1) is 5.00 Å². The van der Waals surface area contributed by atoms with Gasteiger partial charge in [-0.05, 0) is 49.6 Å². The monoisotopic (exact) mass is 478 g/mol. The zero-order chi connectivity index (χ0) is 16.6. The van der Waals surface area contributed by atoms with Crippen molar-refractivity contribution in [2.45, 2.75) is 26.2 Å². The van der Waals surface area contributed by atoms with E-state index in [1.807, 2.05) is 11.3 Å². The van der Waals surface area contributed by atoms with Crippen LogP contribution in [0.5, 0.6) is 0 Å². The predicted molar refractivity (Wildman–Crippen MR) is 118 cm³/mol. The third-order valence-electron chi connectivity index (χ3n) is 4.49. The van der Waals surface area contributed by atoms with Crippen LogP contribution < -0.4 is 10.2 Å². The van der Waals surface area contributed by atoms with Gasteiger partial charge in [0.1, 0.15) is 0 Å². The number of hydrogen-bond donors (Lipinski definition) is 1. The van der Waals surface area contributed by atoms with Gasteiger partial charge < -0.3 is 19.9 Å². The largest absolute Gasteiger partial charge is 0.381 e. The number of anilines is 1. The van der Waals surface area contributed by atoms with Crippen LogP contribution in [-0.2, 0) is 4.74 Å². The van der Waals surface area contributed by atoms with E-state index in [4.69, 9.17) is 9.73 Å². The zero-order valence-electron chi connectivity index (χ0n) is 15.2. The van der Waals surface area contributed by atoms with Gasteiger partial charge in [-0.3, -0.25) is 4.99 Å². The minimum absolute atomic E-state index is 0. The average molecular weight is 478 g/mol. The summed E-state index contributed by atoms with van der Waals surface area (Å²) < 4.78 is 5.69. The molecule has 3 rings (SSSR count). The van der Waals surface area contributed by atoms with Crippen LogP contribution in [0.15, 0.2) is 22.5 Å². The summed E-state index contributed by atoms with van der Waals surface area (Å²) in [6.45, 7) is 9.88. The summed E-state index contributed by atoms with van der Waals surface area (Å²) in [5, 5.41) is 6.97. The molecule has 0 amide bonds. The summed E-state index contributed by atoms with van der Waals surface area (Å²) in [5.74, 6) is 1.91. The highest BCUT2D eigenvalue weighted by atomic mass is 127. The summed E-state index contributed by atoms with van der Waals surface area (Å²) in [7, 11) is 0. The Kier molecular flexibility index (Phi) is 9.33. The van der Waals surface area contributed by atoms with Crippen molar-refractivity contribution in [3.63, 3.8) is 0 Å². The summed E-state index contributed by atoms with van der Waals surface area (Å²) in [4.78, 5) is 9.65. The van der Waals surface area contributed by atoms with Crippen molar-refractivity contribution in [1.82, 2.24) is 10.2 Å². The van der Waals surface area contributed by atoms with E-state index < -0.39 is 0 Å². The van der Waals surface area contributed by atoms with Crippen molar-refractivity contribution in [3.8, 4) is 0 Å². The molecule has 0 aromatic carbocycles. The molecule has 1 aliphatic heterocycles. The molecule has 142 valence electrons. The lowest BCUT2D eigenvalue weighted by molar-refractivity contribution is 0.123. The molecule has 0 spiro atoms. The Morgan fingerprint density at radius 3 is 2.76 bits per heavy atom. The van der Waals surface area contributed by atoms with Crippen molar-refractivity contribution in [2.24, 2.45) is 10.9 Å². The minimum atomic E-state index is 0. The molecule has 1 aromatic heterocycles. The van der Waals surface area contributed by atoms with E-state index in [9.17, 15) is 0 Å². The molecular formula is C18H31IN4OS. The number of halogens is 1. The number of guanidine groups is 1. The van der Waals surface area contributed by atoms with Crippen molar-refractivity contribution in [2.75, 3.05) is 57.4 Å². The maximum atomic E-state index is 5.69. The second-order valence-corrected chi connectivity index (χ2v) is 7.46. The van der Waals surface area contributed by atoms with E-state index in [0.717, 1.165) is 70.8 Å². The molecule has 2 aliphatic rings. The van der Waals surface area contributed by atoms with Crippen molar-refractivity contribution < 1.29 is 4.74 Å². The number of thiophene rings is 1. The average Bonchev–Trinajstić information content (AvgIpc) is 3.27. The van der Waals surface area contributed by atoms with Crippen LogP contribution in [0.25, 0.3) is 0 Å². The van der Waals surface area contributed by atoms with Gasteiger partial charge in [-0.25, -0.2) is 0 Å². The molecule has 25 heavy (non-hydrogen) atoms. The first-order chi connectivity index (χ1) is 11.9.